The van der Waals surface area contributed by atoms with E-state index in [9.17, 15) is 4.79 Å². The molecular formula is C13H25N3O2. The molecule has 3 unspecified atom stereocenters. The van der Waals surface area contributed by atoms with Gasteiger partial charge in [-0.2, -0.15) is 0 Å². The van der Waals surface area contributed by atoms with Crippen LogP contribution in [0.3, 0.4) is 0 Å². The number of hydrogen-bond donors (Lipinski definition) is 1. The van der Waals surface area contributed by atoms with Gasteiger partial charge in [0.1, 0.15) is 0 Å². The average Bonchev–Trinajstić information content (AvgIpc) is 2.59. The molecule has 0 saturated carbocycles. The second-order valence-electron chi connectivity index (χ2n) is 5.51. The van der Waals surface area contributed by atoms with E-state index in [0.717, 1.165) is 19.5 Å². The van der Waals surface area contributed by atoms with Crippen LogP contribution in [-0.2, 0) is 9.53 Å². The van der Waals surface area contributed by atoms with Crippen molar-refractivity contribution in [2.24, 2.45) is 5.73 Å². The maximum Gasteiger partial charge on any atom is 0.239 e. The van der Waals surface area contributed by atoms with Gasteiger partial charge in [-0.3, -0.25) is 9.69 Å². The third-order valence-corrected chi connectivity index (χ3v) is 4.41. The van der Waals surface area contributed by atoms with E-state index in [1.165, 1.54) is 12.8 Å². The van der Waals surface area contributed by atoms with Gasteiger partial charge in [-0.25, -0.2) is 0 Å². The van der Waals surface area contributed by atoms with Crippen molar-refractivity contribution in [2.45, 2.75) is 43.8 Å². The first-order valence-corrected chi connectivity index (χ1v) is 6.88. The summed E-state index contributed by atoms with van der Waals surface area (Å²) in [4.78, 5) is 16.7. The molecule has 0 aromatic rings. The lowest BCUT2D eigenvalue weighted by atomic mass is 10.1. The molecule has 0 aromatic carbocycles. The molecule has 2 aliphatic rings. The minimum atomic E-state index is -0.410. The van der Waals surface area contributed by atoms with E-state index in [0.29, 0.717) is 25.1 Å². The Morgan fingerprint density at radius 2 is 2.11 bits per heavy atom. The van der Waals surface area contributed by atoms with Gasteiger partial charge in [0.2, 0.25) is 5.91 Å². The predicted octanol–water partition coefficient (Wildman–Crippen LogP) is 0.0453. The Hall–Kier alpha value is -0.650. The predicted molar refractivity (Wildman–Crippen MR) is 70.2 cm³/mol. The lowest BCUT2D eigenvalue weighted by molar-refractivity contribution is -0.133. The normalized spacial score (nSPS) is 30.3. The Labute approximate surface area is 109 Å². The summed E-state index contributed by atoms with van der Waals surface area (Å²) in [6, 6.07) is 0.769. The number of methoxy groups -OCH3 is 1. The monoisotopic (exact) mass is 255 g/mol. The molecule has 0 spiro atoms. The van der Waals surface area contributed by atoms with Crippen LogP contribution in [0.5, 0.6) is 0 Å². The summed E-state index contributed by atoms with van der Waals surface area (Å²) in [6.45, 7) is 2.24. The van der Waals surface area contributed by atoms with Gasteiger partial charge >= 0.3 is 0 Å². The number of likely N-dealkylation sites (tertiary alicyclic amines) is 1. The zero-order valence-electron chi connectivity index (χ0n) is 11.5. The molecule has 5 nitrogen and oxygen atoms in total. The minimum absolute atomic E-state index is 0.0907. The van der Waals surface area contributed by atoms with E-state index in [1.807, 2.05) is 4.90 Å². The third kappa shape index (κ3) is 2.84. The fourth-order valence-electron chi connectivity index (χ4n) is 3.11. The molecule has 2 saturated heterocycles. The number of fused-ring (bicyclic) bond motifs is 2. The molecule has 18 heavy (non-hydrogen) atoms. The SMILES string of the molecule is COCCC(N)C(=O)N1CCC2CCC(C1)N2C. The number of carbonyl (C=O) groups excluding carboxylic acids is 1. The number of nitrogens with two attached hydrogens (primary N) is 1. The van der Waals surface area contributed by atoms with E-state index in [2.05, 4.69) is 11.9 Å². The Kier molecular flexibility index (Phi) is 4.59. The van der Waals surface area contributed by atoms with Gasteiger partial charge in [0.25, 0.3) is 0 Å². The molecule has 0 aromatic heterocycles. The molecule has 1 amide bonds. The average molecular weight is 255 g/mol. The highest BCUT2D eigenvalue weighted by Crippen LogP contribution is 2.28. The minimum Gasteiger partial charge on any atom is -0.385 e. The van der Waals surface area contributed by atoms with Crippen LogP contribution >= 0.6 is 0 Å². The molecule has 2 fully saturated rings. The van der Waals surface area contributed by atoms with Crippen molar-refractivity contribution >= 4 is 5.91 Å². The highest BCUT2D eigenvalue weighted by atomic mass is 16.5. The largest absolute Gasteiger partial charge is 0.385 e. The van der Waals surface area contributed by atoms with Crippen molar-refractivity contribution in [3.63, 3.8) is 0 Å². The first-order valence-electron chi connectivity index (χ1n) is 6.88. The standard InChI is InChI=1S/C13H25N3O2/c1-15-10-3-4-11(15)9-16(7-5-10)13(17)12(14)6-8-18-2/h10-12H,3-9,14H2,1-2H3. The van der Waals surface area contributed by atoms with Crippen LogP contribution in [0.4, 0.5) is 0 Å². The van der Waals surface area contributed by atoms with Gasteiger partial charge in [0, 0.05) is 38.9 Å². The van der Waals surface area contributed by atoms with Gasteiger partial charge in [-0.1, -0.05) is 0 Å². The van der Waals surface area contributed by atoms with E-state index in [1.54, 1.807) is 7.11 Å². The van der Waals surface area contributed by atoms with Crippen LogP contribution in [0.15, 0.2) is 0 Å². The number of likely N-dealkylation sites (N-methyl/N-ethyl adjacent to an activating group) is 1. The first kappa shape index (κ1) is 13.8. The Morgan fingerprint density at radius 1 is 1.39 bits per heavy atom. The van der Waals surface area contributed by atoms with Gasteiger partial charge in [-0.05, 0) is 32.7 Å². The highest BCUT2D eigenvalue weighted by Gasteiger charge is 2.36. The fourth-order valence-corrected chi connectivity index (χ4v) is 3.11. The number of ether oxygens (including phenoxy) is 1. The molecule has 2 N–H and O–H groups in total. The molecule has 2 heterocycles. The maximum atomic E-state index is 12.3. The zero-order chi connectivity index (χ0) is 13.1. The van der Waals surface area contributed by atoms with Crippen molar-refractivity contribution in [1.82, 2.24) is 9.80 Å². The number of amides is 1. The van der Waals surface area contributed by atoms with Gasteiger partial charge in [0.15, 0.2) is 0 Å². The van der Waals surface area contributed by atoms with Gasteiger partial charge in [-0.15, -0.1) is 0 Å². The smallest absolute Gasteiger partial charge is 0.239 e. The van der Waals surface area contributed by atoms with Crippen LogP contribution in [0.25, 0.3) is 0 Å². The molecule has 104 valence electrons. The Bertz CT molecular complexity index is 298. The summed E-state index contributed by atoms with van der Waals surface area (Å²) in [5.41, 5.74) is 5.93. The lowest BCUT2D eigenvalue weighted by Crippen LogP contribution is -2.47. The fraction of sp³-hybridized carbons (Fsp3) is 0.923. The van der Waals surface area contributed by atoms with Crippen molar-refractivity contribution in [3.05, 3.63) is 0 Å². The second kappa shape index (κ2) is 5.99. The van der Waals surface area contributed by atoms with E-state index in [4.69, 9.17) is 10.5 Å². The number of hydrogen-bond acceptors (Lipinski definition) is 4. The quantitative estimate of drug-likeness (QED) is 0.771. The van der Waals surface area contributed by atoms with Crippen LogP contribution < -0.4 is 5.73 Å². The molecule has 2 rings (SSSR count). The lowest BCUT2D eigenvalue weighted by Gasteiger charge is -2.28. The number of rotatable bonds is 4. The van der Waals surface area contributed by atoms with Crippen LogP contribution in [0.2, 0.25) is 0 Å². The summed E-state index contributed by atoms with van der Waals surface area (Å²) in [7, 11) is 3.82. The number of nitrogens with zero attached hydrogens (tertiary/aromatic N) is 2. The summed E-state index contributed by atoms with van der Waals surface area (Å²) in [5.74, 6) is 0.0907. The van der Waals surface area contributed by atoms with Gasteiger partial charge in [0.05, 0.1) is 6.04 Å². The maximum absolute atomic E-state index is 12.3. The van der Waals surface area contributed by atoms with E-state index >= 15 is 0 Å². The van der Waals surface area contributed by atoms with Crippen molar-refractivity contribution < 1.29 is 9.53 Å². The van der Waals surface area contributed by atoms with E-state index in [-0.39, 0.29) is 5.91 Å². The Balaban J connectivity index is 1.91. The van der Waals surface area contributed by atoms with E-state index < -0.39 is 6.04 Å². The van der Waals surface area contributed by atoms with Crippen molar-refractivity contribution in [2.75, 3.05) is 33.9 Å². The van der Waals surface area contributed by atoms with Crippen LogP contribution in [0.1, 0.15) is 25.7 Å². The molecule has 2 bridgehead atoms. The molecule has 2 aliphatic heterocycles. The van der Waals surface area contributed by atoms with Crippen molar-refractivity contribution in [3.8, 4) is 0 Å². The van der Waals surface area contributed by atoms with Gasteiger partial charge < -0.3 is 15.4 Å². The highest BCUT2D eigenvalue weighted by molar-refractivity contribution is 5.81. The van der Waals surface area contributed by atoms with Crippen LogP contribution in [0, 0.1) is 0 Å². The third-order valence-electron chi connectivity index (χ3n) is 4.41. The molecule has 3 atom stereocenters. The molecular weight excluding hydrogens is 230 g/mol. The molecule has 0 radical (unpaired) electrons. The Morgan fingerprint density at radius 3 is 2.83 bits per heavy atom. The summed E-state index contributed by atoms with van der Waals surface area (Å²) < 4.78 is 4.98. The second-order valence-corrected chi connectivity index (χ2v) is 5.51. The summed E-state index contributed by atoms with van der Waals surface area (Å²) >= 11 is 0. The molecule has 0 aliphatic carbocycles. The first-order chi connectivity index (χ1) is 8.63. The number of carbonyl (C=O) groups is 1. The summed E-state index contributed by atoms with van der Waals surface area (Å²) in [6.07, 6.45) is 4.17. The summed E-state index contributed by atoms with van der Waals surface area (Å²) in [5, 5.41) is 0. The topological polar surface area (TPSA) is 58.8 Å². The molecule has 5 heteroatoms. The zero-order valence-corrected chi connectivity index (χ0v) is 11.5. The van der Waals surface area contributed by atoms with Crippen LogP contribution in [-0.4, -0.2) is 67.7 Å². The van der Waals surface area contributed by atoms with Crippen molar-refractivity contribution in [1.29, 1.82) is 0 Å².